The molecule has 0 aliphatic carbocycles. The van der Waals surface area contributed by atoms with E-state index in [4.69, 9.17) is 11.6 Å². The average molecular weight is 368 g/mol. The summed E-state index contributed by atoms with van der Waals surface area (Å²) in [5, 5.41) is 5.85. The highest BCUT2D eigenvalue weighted by Crippen LogP contribution is 2.26. The summed E-state index contributed by atoms with van der Waals surface area (Å²) in [6.45, 7) is 1.40. The molecule has 0 aliphatic rings. The number of rotatable bonds is 3. The van der Waals surface area contributed by atoms with Crippen LogP contribution in [-0.4, -0.2) is 11.8 Å². The first-order valence-electron chi connectivity index (χ1n) is 6.10. The Morgan fingerprint density at radius 1 is 1.00 bits per heavy atom. The number of hydrogen-bond acceptors (Lipinski definition) is 2. The Balaban J connectivity index is 2.25. The molecule has 0 atom stereocenters. The first-order chi connectivity index (χ1) is 9.95. The molecule has 0 unspecified atom stereocenters. The molecular formula is C15H12BrClN2O2. The topological polar surface area (TPSA) is 58.2 Å². The minimum absolute atomic E-state index is 0.225. The molecule has 2 N–H and O–H groups in total. The molecule has 2 aromatic carbocycles. The quantitative estimate of drug-likeness (QED) is 0.849. The molecule has 0 bridgehead atoms. The Bertz CT molecular complexity index is 687. The smallest absolute Gasteiger partial charge is 0.255 e. The second-order valence-electron chi connectivity index (χ2n) is 4.33. The van der Waals surface area contributed by atoms with E-state index in [1.54, 1.807) is 42.5 Å². The van der Waals surface area contributed by atoms with Crippen molar-refractivity contribution in [2.45, 2.75) is 6.92 Å². The Morgan fingerprint density at radius 3 is 2.29 bits per heavy atom. The summed E-state index contributed by atoms with van der Waals surface area (Å²) in [7, 11) is 0. The highest BCUT2D eigenvalue weighted by Gasteiger charge is 2.10. The van der Waals surface area contributed by atoms with Gasteiger partial charge in [0.15, 0.2) is 0 Å². The van der Waals surface area contributed by atoms with E-state index in [1.807, 2.05) is 0 Å². The predicted octanol–water partition coefficient (Wildman–Crippen LogP) is 4.31. The summed E-state index contributed by atoms with van der Waals surface area (Å²) in [6, 6.07) is 11.8. The van der Waals surface area contributed by atoms with Crippen molar-refractivity contribution in [2.24, 2.45) is 0 Å². The van der Waals surface area contributed by atoms with Crippen molar-refractivity contribution in [3.8, 4) is 0 Å². The van der Waals surface area contributed by atoms with Gasteiger partial charge in [0.2, 0.25) is 5.91 Å². The molecule has 0 saturated heterocycles. The van der Waals surface area contributed by atoms with Gasteiger partial charge >= 0.3 is 0 Å². The van der Waals surface area contributed by atoms with Crippen LogP contribution in [0.2, 0.25) is 5.02 Å². The maximum absolute atomic E-state index is 12.2. The summed E-state index contributed by atoms with van der Waals surface area (Å²) in [5.74, 6) is -0.507. The largest absolute Gasteiger partial charge is 0.325 e. The molecule has 2 rings (SSSR count). The van der Waals surface area contributed by atoms with Gasteiger partial charge in [-0.25, -0.2) is 0 Å². The minimum Gasteiger partial charge on any atom is -0.325 e. The third-order valence-electron chi connectivity index (χ3n) is 2.65. The zero-order valence-electron chi connectivity index (χ0n) is 11.1. The monoisotopic (exact) mass is 366 g/mol. The van der Waals surface area contributed by atoms with Crippen molar-refractivity contribution in [3.63, 3.8) is 0 Å². The standard InChI is InChI=1S/C15H12BrClN2O2/c1-9(20)18-13-7-6-12(17)8-14(13)19-15(21)10-2-4-11(16)5-3-10/h2-8H,1H3,(H,18,20)(H,19,21). The highest BCUT2D eigenvalue weighted by atomic mass is 79.9. The molecule has 0 saturated carbocycles. The van der Waals surface area contributed by atoms with Crippen LogP contribution in [0, 0.1) is 0 Å². The van der Waals surface area contributed by atoms with E-state index in [1.165, 1.54) is 6.92 Å². The predicted molar refractivity (Wildman–Crippen MR) is 87.9 cm³/mol. The SMILES string of the molecule is CC(=O)Nc1ccc(Cl)cc1NC(=O)c1ccc(Br)cc1. The number of carbonyl (C=O) groups is 2. The second-order valence-corrected chi connectivity index (χ2v) is 5.68. The Morgan fingerprint density at radius 2 is 1.67 bits per heavy atom. The average Bonchev–Trinajstić information content (AvgIpc) is 2.42. The van der Waals surface area contributed by atoms with E-state index in [-0.39, 0.29) is 11.8 Å². The molecule has 4 nitrogen and oxygen atoms in total. The Kier molecular flexibility index (Phi) is 4.98. The van der Waals surface area contributed by atoms with E-state index in [0.29, 0.717) is 22.0 Å². The van der Waals surface area contributed by atoms with Gasteiger partial charge in [-0.15, -0.1) is 0 Å². The minimum atomic E-state index is -0.281. The summed E-state index contributed by atoms with van der Waals surface area (Å²) < 4.78 is 0.890. The van der Waals surface area contributed by atoms with Crippen LogP contribution in [0.25, 0.3) is 0 Å². The molecule has 0 aliphatic heterocycles. The van der Waals surface area contributed by atoms with Gasteiger partial charge < -0.3 is 10.6 Å². The molecule has 108 valence electrons. The summed E-state index contributed by atoms with van der Waals surface area (Å²) in [5.41, 5.74) is 1.45. The van der Waals surface area contributed by atoms with Gasteiger partial charge in [0, 0.05) is 22.0 Å². The Hall–Kier alpha value is -1.85. The third kappa shape index (κ3) is 4.31. The number of benzene rings is 2. The van der Waals surface area contributed by atoms with Crippen molar-refractivity contribution in [3.05, 3.63) is 57.5 Å². The lowest BCUT2D eigenvalue weighted by atomic mass is 10.2. The number of anilines is 2. The molecule has 0 fully saturated rings. The molecule has 2 amide bonds. The molecule has 2 aromatic rings. The molecule has 0 spiro atoms. The number of nitrogens with one attached hydrogen (secondary N) is 2. The zero-order valence-corrected chi connectivity index (χ0v) is 13.5. The van der Waals surface area contributed by atoms with Gasteiger partial charge in [0.25, 0.3) is 5.91 Å². The van der Waals surface area contributed by atoms with E-state index >= 15 is 0 Å². The van der Waals surface area contributed by atoms with Crippen molar-refractivity contribution in [2.75, 3.05) is 10.6 Å². The normalized spacial score (nSPS) is 10.0. The van der Waals surface area contributed by atoms with Crippen molar-refractivity contribution in [1.82, 2.24) is 0 Å². The van der Waals surface area contributed by atoms with Crippen LogP contribution >= 0.6 is 27.5 Å². The fraction of sp³-hybridized carbons (Fsp3) is 0.0667. The number of hydrogen-bond donors (Lipinski definition) is 2. The third-order valence-corrected chi connectivity index (χ3v) is 3.41. The Labute approximate surface area is 135 Å². The first kappa shape index (κ1) is 15.5. The summed E-state index contributed by atoms with van der Waals surface area (Å²) >= 11 is 9.25. The maximum atomic E-state index is 12.2. The van der Waals surface area contributed by atoms with E-state index in [2.05, 4.69) is 26.6 Å². The van der Waals surface area contributed by atoms with Crippen LogP contribution in [0.15, 0.2) is 46.9 Å². The molecule has 6 heteroatoms. The summed E-state index contributed by atoms with van der Waals surface area (Å²) in [4.78, 5) is 23.4. The van der Waals surface area contributed by atoms with Gasteiger partial charge in [0.05, 0.1) is 11.4 Å². The van der Waals surface area contributed by atoms with Crippen LogP contribution in [0.3, 0.4) is 0 Å². The molecule has 0 heterocycles. The van der Waals surface area contributed by atoms with Gasteiger partial charge in [0.1, 0.15) is 0 Å². The second kappa shape index (κ2) is 6.74. The lowest BCUT2D eigenvalue weighted by Crippen LogP contribution is -2.15. The van der Waals surface area contributed by atoms with Crippen LogP contribution in [0.1, 0.15) is 17.3 Å². The van der Waals surface area contributed by atoms with E-state index < -0.39 is 0 Å². The first-order valence-corrected chi connectivity index (χ1v) is 7.27. The maximum Gasteiger partial charge on any atom is 0.255 e. The fourth-order valence-electron chi connectivity index (χ4n) is 1.71. The molecular weight excluding hydrogens is 356 g/mol. The number of halogens is 2. The van der Waals surface area contributed by atoms with Crippen LogP contribution in [0.5, 0.6) is 0 Å². The van der Waals surface area contributed by atoms with Crippen molar-refractivity contribution < 1.29 is 9.59 Å². The van der Waals surface area contributed by atoms with Gasteiger partial charge in [-0.2, -0.15) is 0 Å². The molecule has 0 aromatic heterocycles. The number of carbonyl (C=O) groups excluding carboxylic acids is 2. The summed E-state index contributed by atoms with van der Waals surface area (Å²) in [6.07, 6.45) is 0. The number of amides is 2. The zero-order chi connectivity index (χ0) is 15.4. The van der Waals surface area contributed by atoms with Crippen LogP contribution in [0.4, 0.5) is 11.4 Å². The van der Waals surface area contributed by atoms with Crippen LogP contribution in [-0.2, 0) is 4.79 Å². The lowest BCUT2D eigenvalue weighted by Gasteiger charge is -2.12. The molecule has 0 radical (unpaired) electrons. The van der Waals surface area contributed by atoms with Gasteiger partial charge in [-0.05, 0) is 42.5 Å². The fourth-order valence-corrected chi connectivity index (χ4v) is 2.15. The van der Waals surface area contributed by atoms with Crippen molar-refractivity contribution in [1.29, 1.82) is 0 Å². The molecule has 21 heavy (non-hydrogen) atoms. The van der Waals surface area contributed by atoms with Crippen molar-refractivity contribution >= 4 is 50.7 Å². The van der Waals surface area contributed by atoms with Crippen LogP contribution < -0.4 is 10.6 Å². The highest BCUT2D eigenvalue weighted by molar-refractivity contribution is 9.10. The van der Waals surface area contributed by atoms with Gasteiger partial charge in [-0.3, -0.25) is 9.59 Å². The van der Waals surface area contributed by atoms with Gasteiger partial charge in [-0.1, -0.05) is 27.5 Å². The van der Waals surface area contributed by atoms with E-state index in [0.717, 1.165) is 4.47 Å². The lowest BCUT2D eigenvalue weighted by molar-refractivity contribution is -0.114. The van der Waals surface area contributed by atoms with E-state index in [9.17, 15) is 9.59 Å².